The van der Waals surface area contributed by atoms with Crippen molar-refractivity contribution >= 4 is 5.91 Å². The Hall–Kier alpha value is -2.21. The number of aryl methyl sites for hydroxylation is 2. The van der Waals surface area contributed by atoms with E-state index in [1.807, 2.05) is 34.7 Å². The first-order valence-electron chi connectivity index (χ1n) is 9.69. The number of aromatic nitrogens is 2. The fourth-order valence-electron chi connectivity index (χ4n) is 3.74. The number of carbonyl (C=O) groups excluding carboxylic acids is 1. The van der Waals surface area contributed by atoms with E-state index in [-0.39, 0.29) is 17.8 Å². The molecule has 1 fully saturated rings. The van der Waals surface area contributed by atoms with Gasteiger partial charge in [-0.3, -0.25) is 14.4 Å². The van der Waals surface area contributed by atoms with Gasteiger partial charge in [0.2, 0.25) is 5.91 Å². The van der Waals surface area contributed by atoms with Crippen LogP contribution in [0.2, 0.25) is 0 Å². The summed E-state index contributed by atoms with van der Waals surface area (Å²) < 4.78 is 15.8. The van der Waals surface area contributed by atoms with E-state index < -0.39 is 0 Å². The van der Waals surface area contributed by atoms with Crippen molar-refractivity contribution in [1.29, 1.82) is 0 Å². The third-order valence-corrected chi connectivity index (χ3v) is 5.41. The highest BCUT2D eigenvalue weighted by Gasteiger charge is 2.32. The van der Waals surface area contributed by atoms with E-state index in [9.17, 15) is 9.18 Å². The van der Waals surface area contributed by atoms with Gasteiger partial charge >= 0.3 is 0 Å². The van der Waals surface area contributed by atoms with Crippen LogP contribution in [-0.4, -0.2) is 51.2 Å². The van der Waals surface area contributed by atoms with E-state index in [0.29, 0.717) is 37.5 Å². The van der Waals surface area contributed by atoms with Crippen LogP contribution < -0.4 is 0 Å². The van der Waals surface area contributed by atoms with Gasteiger partial charge in [0, 0.05) is 62.6 Å². The highest BCUT2D eigenvalue weighted by atomic mass is 19.1. The summed E-state index contributed by atoms with van der Waals surface area (Å²) in [5.41, 5.74) is 1.78. The zero-order valence-electron chi connectivity index (χ0n) is 16.4. The van der Waals surface area contributed by atoms with Gasteiger partial charge in [-0.2, -0.15) is 5.10 Å². The molecule has 2 aromatic rings. The molecule has 1 aliphatic rings. The molecule has 2 heterocycles. The van der Waals surface area contributed by atoms with E-state index in [2.05, 4.69) is 23.8 Å². The maximum atomic E-state index is 14.0. The van der Waals surface area contributed by atoms with Crippen LogP contribution in [-0.2, 0) is 17.9 Å². The second-order valence-corrected chi connectivity index (χ2v) is 7.67. The average molecular weight is 372 g/mol. The minimum Gasteiger partial charge on any atom is -0.337 e. The summed E-state index contributed by atoms with van der Waals surface area (Å²) in [5.74, 6) is 0.365. The molecular weight excluding hydrogens is 343 g/mol. The molecule has 0 saturated carbocycles. The van der Waals surface area contributed by atoms with Crippen molar-refractivity contribution in [3.8, 4) is 0 Å². The largest absolute Gasteiger partial charge is 0.337 e. The van der Waals surface area contributed by atoms with E-state index in [1.165, 1.54) is 6.07 Å². The Morgan fingerprint density at radius 1 is 1.26 bits per heavy atom. The number of nitrogens with zero attached hydrogens (tertiary/aromatic N) is 4. The van der Waals surface area contributed by atoms with Crippen LogP contribution in [0.4, 0.5) is 4.39 Å². The molecule has 0 spiro atoms. The molecule has 1 aromatic heterocycles. The molecule has 6 heteroatoms. The zero-order valence-corrected chi connectivity index (χ0v) is 16.4. The normalized spacial score (nSPS) is 18.3. The van der Waals surface area contributed by atoms with Crippen molar-refractivity contribution in [2.75, 3.05) is 19.6 Å². The number of halogens is 1. The van der Waals surface area contributed by atoms with Crippen LogP contribution in [0, 0.1) is 18.7 Å². The summed E-state index contributed by atoms with van der Waals surface area (Å²) in [6.07, 6.45) is 2.22. The third-order valence-electron chi connectivity index (χ3n) is 5.41. The minimum absolute atomic E-state index is 0.150. The van der Waals surface area contributed by atoms with Gasteiger partial charge in [0.1, 0.15) is 5.82 Å². The molecule has 1 aliphatic heterocycles. The third kappa shape index (κ3) is 4.75. The number of carbonyl (C=O) groups is 1. The minimum atomic E-state index is -0.160. The van der Waals surface area contributed by atoms with Crippen molar-refractivity contribution in [1.82, 2.24) is 19.6 Å². The van der Waals surface area contributed by atoms with Crippen molar-refractivity contribution in [2.24, 2.45) is 5.92 Å². The Morgan fingerprint density at radius 2 is 2.04 bits per heavy atom. The Bertz CT molecular complexity index is 773. The van der Waals surface area contributed by atoms with Gasteiger partial charge in [0.15, 0.2) is 0 Å². The highest BCUT2D eigenvalue weighted by molar-refractivity contribution is 5.76. The molecule has 5 nitrogen and oxygen atoms in total. The molecule has 0 radical (unpaired) electrons. The van der Waals surface area contributed by atoms with Gasteiger partial charge in [0.05, 0.1) is 0 Å². The second-order valence-electron chi connectivity index (χ2n) is 7.67. The second kappa shape index (κ2) is 8.65. The quantitative estimate of drug-likeness (QED) is 0.782. The SMILES string of the molecule is Cc1ccnn1CCC(=O)N1CCN(Cc2ccccc2F)C[C@@H]1C(C)C. The average Bonchev–Trinajstić information content (AvgIpc) is 3.06. The predicted molar refractivity (Wildman–Crippen MR) is 104 cm³/mol. The van der Waals surface area contributed by atoms with Gasteiger partial charge in [-0.25, -0.2) is 4.39 Å². The molecule has 1 amide bonds. The van der Waals surface area contributed by atoms with Crippen LogP contribution in [0.15, 0.2) is 36.5 Å². The maximum absolute atomic E-state index is 14.0. The van der Waals surface area contributed by atoms with Crippen molar-refractivity contribution in [3.05, 3.63) is 53.6 Å². The topological polar surface area (TPSA) is 41.4 Å². The molecular formula is C21H29FN4O. The summed E-state index contributed by atoms with van der Waals surface area (Å²) in [6.45, 7) is 9.72. The Morgan fingerprint density at radius 3 is 2.70 bits per heavy atom. The highest BCUT2D eigenvalue weighted by Crippen LogP contribution is 2.21. The molecule has 0 unspecified atom stereocenters. The molecule has 1 aromatic carbocycles. The number of amides is 1. The Labute approximate surface area is 160 Å². The molecule has 0 N–H and O–H groups in total. The number of hydrogen-bond donors (Lipinski definition) is 0. The lowest BCUT2D eigenvalue weighted by atomic mass is 9.98. The maximum Gasteiger partial charge on any atom is 0.224 e. The first-order valence-corrected chi connectivity index (χ1v) is 9.69. The predicted octanol–water partition coefficient (Wildman–Crippen LogP) is 3.09. The van der Waals surface area contributed by atoms with Crippen molar-refractivity contribution < 1.29 is 9.18 Å². The summed E-state index contributed by atoms with van der Waals surface area (Å²) in [5, 5.41) is 4.26. The first kappa shape index (κ1) is 19.5. The standard InChI is InChI=1S/C21H29FN4O/c1-16(2)20-15-24(14-18-6-4-5-7-19(18)22)12-13-25(20)21(27)9-11-26-17(3)8-10-23-26/h4-8,10,16,20H,9,11-15H2,1-3H3/t20-/m1/s1. The molecule has 1 saturated heterocycles. The molecule has 27 heavy (non-hydrogen) atoms. The fourth-order valence-corrected chi connectivity index (χ4v) is 3.74. The summed E-state index contributed by atoms with van der Waals surface area (Å²) in [7, 11) is 0. The van der Waals surface area contributed by atoms with Crippen molar-refractivity contribution in [2.45, 2.75) is 46.3 Å². The summed E-state index contributed by atoms with van der Waals surface area (Å²) >= 11 is 0. The van der Waals surface area contributed by atoms with Gasteiger partial charge in [-0.1, -0.05) is 32.0 Å². The zero-order chi connectivity index (χ0) is 19.4. The number of piperazine rings is 1. The first-order chi connectivity index (χ1) is 13.0. The molecule has 146 valence electrons. The number of rotatable bonds is 6. The number of benzene rings is 1. The van der Waals surface area contributed by atoms with E-state index in [0.717, 1.165) is 18.8 Å². The van der Waals surface area contributed by atoms with Crippen LogP contribution in [0.3, 0.4) is 0 Å². The van der Waals surface area contributed by atoms with Crippen LogP contribution >= 0.6 is 0 Å². The summed E-state index contributed by atoms with van der Waals surface area (Å²) in [6, 6.07) is 9.03. The van der Waals surface area contributed by atoms with Crippen LogP contribution in [0.1, 0.15) is 31.5 Å². The lowest BCUT2D eigenvalue weighted by Crippen LogP contribution is -2.56. The van der Waals surface area contributed by atoms with Gasteiger partial charge < -0.3 is 4.90 Å². The Kier molecular flexibility index (Phi) is 6.26. The lowest BCUT2D eigenvalue weighted by molar-refractivity contribution is -0.138. The van der Waals surface area contributed by atoms with Gasteiger partial charge in [-0.05, 0) is 25.0 Å². The van der Waals surface area contributed by atoms with Gasteiger partial charge in [-0.15, -0.1) is 0 Å². The fraction of sp³-hybridized carbons (Fsp3) is 0.524. The summed E-state index contributed by atoms with van der Waals surface area (Å²) in [4.78, 5) is 17.1. The van der Waals surface area contributed by atoms with E-state index in [1.54, 1.807) is 12.3 Å². The van der Waals surface area contributed by atoms with Crippen LogP contribution in [0.25, 0.3) is 0 Å². The molecule has 0 aliphatic carbocycles. The smallest absolute Gasteiger partial charge is 0.224 e. The molecule has 3 rings (SSSR count). The van der Waals surface area contributed by atoms with E-state index >= 15 is 0 Å². The number of hydrogen-bond acceptors (Lipinski definition) is 3. The van der Waals surface area contributed by atoms with Gasteiger partial charge in [0.25, 0.3) is 0 Å². The van der Waals surface area contributed by atoms with E-state index in [4.69, 9.17) is 0 Å². The lowest BCUT2D eigenvalue weighted by Gasteiger charge is -2.43. The van der Waals surface area contributed by atoms with Crippen molar-refractivity contribution in [3.63, 3.8) is 0 Å². The van der Waals surface area contributed by atoms with Crippen LogP contribution in [0.5, 0.6) is 0 Å². The molecule has 0 bridgehead atoms. The molecule has 1 atom stereocenters. The monoisotopic (exact) mass is 372 g/mol. The Balaban J connectivity index is 1.61.